The standard InChI is InChI=1S/C18H20N2O2S2.C6H10Cl2/c1-4-6-15(21)16-12(2)19-17(24-16)20-13-7-5-8-14(9-13)23-11-18(3)10-22-18;1-2-3-4-6(8)5-7/h4-5,7-9H,1,6,10-11H2,2-3H3,(H,19,20);3-4,6H,2,5H2,1H3/b;4-3-. The van der Waals surface area contributed by atoms with E-state index in [1.165, 1.54) is 16.2 Å². The molecule has 8 heteroatoms. The molecule has 32 heavy (non-hydrogen) atoms. The van der Waals surface area contributed by atoms with Gasteiger partial charge in [0, 0.05) is 28.6 Å². The van der Waals surface area contributed by atoms with Crippen LogP contribution in [0.15, 0.2) is 54.0 Å². The van der Waals surface area contributed by atoms with Crippen LogP contribution in [-0.2, 0) is 4.74 Å². The lowest BCUT2D eigenvalue weighted by Gasteiger charge is -2.07. The van der Waals surface area contributed by atoms with Crippen LogP contribution < -0.4 is 5.32 Å². The normalized spacial score (nSPS) is 18.0. The number of carbonyl (C=O) groups excluding carboxylic acids is 1. The van der Waals surface area contributed by atoms with Crippen molar-refractivity contribution in [2.45, 2.75) is 49.5 Å². The molecule has 0 amide bonds. The van der Waals surface area contributed by atoms with E-state index in [-0.39, 0.29) is 16.8 Å². The van der Waals surface area contributed by atoms with Crippen molar-refractivity contribution in [3.05, 3.63) is 59.6 Å². The summed E-state index contributed by atoms with van der Waals surface area (Å²) in [5, 5.41) is 4.05. The maximum Gasteiger partial charge on any atom is 0.188 e. The number of anilines is 2. The number of halogens is 2. The molecule has 1 aliphatic rings. The van der Waals surface area contributed by atoms with E-state index in [1.54, 1.807) is 17.8 Å². The minimum absolute atomic E-state index is 0.0108. The first-order chi connectivity index (χ1) is 15.3. The number of aryl methyl sites for hydroxylation is 1. The smallest absolute Gasteiger partial charge is 0.188 e. The Kier molecular flexibility index (Phi) is 11.3. The van der Waals surface area contributed by atoms with E-state index < -0.39 is 0 Å². The molecule has 0 radical (unpaired) electrons. The number of epoxide rings is 1. The van der Waals surface area contributed by atoms with Gasteiger partial charge in [0.2, 0.25) is 0 Å². The number of nitrogens with zero attached hydrogens (tertiary/aromatic N) is 1. The summed E-state index contributed by atoms with van der Waals surface area (Å²) in [6.45, 7) is 10.5. The van der Waals surface area contributed by atoms with Gasteiger partial charge in [0.1, 0.15) is 0 Å². The van der Waals surface area contributed by atoms with Gasteiger partial charge in [0.25, 0.3) is 0 Å². The van der Waals surface area contributed by atoms with Crippen molar-refractivity contribution in [1.82, 2.24) is 4.98 Å². The molecule has 1 saturated heterocycles. The van der Waals surface area contributed by atoms with E-state index >= 15 is 0 Å². The molecule has 2 atom stereocenters. The second kappa shape index (κ2) is 13.4. The highest BCUT2D eigenvalue weighted by Gasteiger charge is 2.38. The Hall–Kier alpha value is -1.31. The molecule has 1 aromatic carbocycles. The van der Waals surface area contributed by atoms with Gasteiger partial charge in [0.05, 0.1) is 28.2 Å². The molecule has 1 N–H and O–H groups in total. The molecule has 0 saturated carbocycles. The topological polar surface area (TPSA) is 54.5 Å². The molecule has 2 heterocycles. The van der Waals surface area contributed by atoms with Gasteiger partial charge >= 0.3 is 0 Å². The predicted octanol–water partition coefficient (Wildman–Crippen LogP) is 7.63. The van der Waals surface area contributed by atoms with Crippen molar-refractivity contribution in [2.24, 2.45) is 0 Å². The summed E-state index contributed by atoms with van der Waals surface area (Å²) in [7, 11) is 0. The Balaban J connectivity index is 0.000000390. The average molecular weight is 514 g/mol. The number of ether oxygens (including phenoxy) is 1. The minimum Gasteiger partial charge on any atom is -0.369 e. The van der Waals surface area contributed by atoms with Crippen LogP contribution in [0.3, 0.4) is 0 Å². The van der Waals surface area contributed by atoms with Crippen molar-refractivity contribution < 1.29 is 9.53 Å². The number of hydrogen-bond acceptors (Lipinski definition) is 6. The zero-order chi connectivity index (χ0) is 23.6. The van der Waals surface area contributed by atoms with Crippen LogP contribution >= 0.6 is 46.3 Å². The lowest BCUT2D eigenvalue weighted by atomic mass is 10.2. The third kappa shape index (κ3) is 9.28. The van der Waals surface area contributed by atoms with Gasteiger partial charge in [0.15, 0.2) is 10.9 Å². The highest BCUT2D eigenvalue weighted by atomic mass is 35.5. The van der Waals surface area contributed by atoms with Crippen LogP contribution in [0, 0.1) is 6.92 Å². The lowest BCUT2D eigenvalue weighted by molar-refractivity contribution is 0.0999. The first kappa shape index (κ1) is 26.9. The zero-order valence-corrected chi connectivity index (χ0v) is 21.8. The van der Waals surface area contributed by atoms with E-state index in [4.69, 9.17) is 27.9 Å². The minimum atomic E-state index is 0.0108. The van der Waals surface area contributed by atoms with Crippen LogP contribution in [0.5, 0.6) is 0 Å². The van der Waals surface area contributed by atoms with E-state index in [1.807, 2.05) is 31.2 Å². The number of thiazole rings is 1. The summed E-state index contributed by atoms with van der Waals surface area (Å²) in [6.07, 6.45) is 6.92. The van der Waals surface area contributed by atoms with E-state index in [2.05, 4.69) is 42.9 Å². The predicted molar refractivity (Wildman–Crippen MR) is 141 cm³/mol. The van der Waals surface area contributed by atoms with E-state index in [0.29, 0.717) is 17.2 Å². The molecule has 0 spiro atoms. The number of thioether (sulfide) groups is 1. The first-order valence-electron chi connectivity index (χ1n) is 10.4. The molecule has 1 aromatic heterocycles. The Labute approximate surface area is 209 Å². The van der Waals surface area contributed by atoms with E-state index in [9.17, 15) is 4.79 Å². The molecule has 1 fully saturated rings. The highest BCUT2D eigenvalue weighted by Crippen LogP contribution is 2.34. The number of allylic oxidation sites excluding steroid dienone is 3. The van der Waals surface area contributed by atoms with Gasteiger partial charge in [-0.05, 0) is 38.5 Å². The Morgan fingerprint density at radius 3 is 2.88 bits per heavy atom. The van der Waals surface area contributed by atoms with Crippen LogP contribution in [0.25, 0.3) is 0 Å². The summed E-state index contributed by atoms with van der Waals surface area (Å²) >= 11 is 14.2. The number of rotatable bonds is 11. The molecule has 4 nitrogen and oxygen atoms in total. The van der Waals surface area contributed by atoms with Crippen molar-refractivity contribution in [2.75, 3.05) is 23.6 Å². The van der Waals surface area contributed by atoms with Gasteiger partial charge in [-0.3, -0.25) is 4.79 Å². The van der Waals surface area contributed by atoms with Gasteiger partial charge < -0.3 is 10.1 Å². The number of carbonyl (C=O) groups is 1. The Bertz CT molecular complexity index is 926. The largest absolute Gasteiger partial charge is 0.369 e. The highest BCUT2D eigenvalue weighted by molar-refractivity contribution is 7.99. The third-order valence-corrected chi connectivity index (χ3v) is 7.62. The maximum absolute atomic E-state index is 12.0. The SMILES string of the molecule is C=CCC(=O)c1sc(Nc2cccc(SCC3(C)CO3)c2)nc1C.CC/C=C\C(Cl)CCl. The van der Waals surface area contributed by atoms with Gasteiger partial charge in [-0.15, -0.1) is 41.5 Å². The molecular formula is C24H30Cl2N2O2S2. The summed E-state index contributed by atoms with van der Waals surface area (Å²) in [4.78, 5) is 18.4. The fourth-order valence-corrected chi connectivity index (χ4v) is 4.66. The molecule has 2 unspecified atom stereocenters. The average Bonchev–Trinajstić information content (AvgIpc) is 3.41. The lowest BCUT2D eigenvalue weighted by Crippen LogP contribution is -2.07. The number of benzene rings is 1. The number of Topliss-reactive ketones (excluding diaryl/α,β-unsaturated/α-hetero) is 1. The Morgan fingerprint density at radius 1 is 1.50 bits per heavy atom. The summed E-state index contributed by atoms with van der Waals surface area (Å²) in [6, 6.07) is 8.21. The van der Waals surface area contributed by atoms with Crippen LogP contribution in [-0.4, -0.2) is 40.0 Å². The van der Waals surface area contributed by atoms with Crippen LogP contribution in [0.4, 0.5) is 10.8 Å². The molecule has 0 bridgehead atoms. The van der Waals surface area contributed by atoms with Crippen molar-refractivity contribution in [1.29, 1.82) is 0 Å². The Morgan fingerprint density at radius 2 is 2.25 bits per heavy atom. The first-order valence-corrected chi connectivity index (χ1v) is 13.2. The summed E-state index contributed by atoms with van der Waals surface area (Å²) in [5.41, 5.74) is 1.78. The molecular weight excluding hydrogens is 483 g/mol. The van der Waals surface area contributed by atoms with E-state index in [0.717, 1.165) is 35.3 Å². The van der Waals surface area contributed by atoms with Gasteiger partial charge in [-0.25, -0.2) is 4.98 Å². The fourth-order valence-electron chi connectivity index (χ4n) is 2.50. The number of nitrogens with one attached hydrogen (secondary N) is 1. The number of hydrogen-bond donors (Lipinski definition) is 1. The van der Waals surface area contributed by atoms with Crippen molar-refractivity contribution >= 4 is 62.9 Å². The molecule has 174 valence electrons. The fraction of sp³-hybridized carbons (Fsp3) is 0.417. The van der Waals surface area contributed by atoms with Crippen molar-refractivity contribution in [3.63, 3.8) is 0 Å². The summed E-state index contributed by atoms with van der Waals surface area (Å²) in [5.74, 6) is 1.51. The zero-order valence-electron chi connectivity index (χ0n) is 18.7. The van der Waals surface area contributed by atoms with Crippen molar-refractivity contribution in [3.8, 4) is 0 Å². The summed E-state index contributed by atoms with van der Waals surface area (Å²) < 4.78 is 5.42. The molecule has 0 aliphatic carbocycles. The quantitative estimate of drug-likeness (QED) is 0.110. The monoisotopic (exact) mass is 512 g/mol. The van der Waals surface area contributed by atoms with Crippen LogP contribution in [0.2, 0.25) is 0 Å². The molecule has 2 aromatic rings. The van der Waals surface area contributed by atoms with Crippen LogP contribution in [0.1, 0.15) is 42.1 Å². The maximum atomic E-state index is 12.0. The third-order valence-electron chi connectivity index (χ3n) is 4.37. The van der Waals surface area contributed by atoms with Gasteiger partial charge in [-0.1, -0.05) is 42.6 Å². The number of alkyl halides is 2. The number of aromatic nitrogens is 1. The molecule has 3 rings (SSSR count). The van der Waals surface area contributed by atoms with Gasteiger partial charge in [-0.2, -0.15) is 0 Å². The second-order valence-corrected chi connectivity index (χ2v) is 10.5. The second-order valence-electron chi connectivity index (χ2n) is 7.54. The molecule has 1 aliphatic heterocycles. The number of ketones is 1.